The van der Waals surface area contributed by atoms with Crippen molar-refractivity contribution in [3.05, 3.63) is 12.7 Å². The normalized spacial score (nSPS) is 22.8. The van der Waals surface area contributed by atoms with Crippen molar-refractivity contribution < 1.29 is 75.7 Å². The van der Waals surface area contributed by atoms with Gasteiger partial charge in [0.05, 0.1) is 19.5 Å². The number of amides is 2. The van der Waals surface area contributed by atoms with E-state index in [1.54, 1.807) is 11.8 Å². The highest BCUT2D eigenvalue weighted by Gasteiger charge is 2.50. The molecule has 23 nitrogen and oxygen atoms in total. The van der Waals surface area contributed by atoms with Gasteiger partial charge in [-0.3, -0.25) is 27.7 Å². The van der Waals surface area contributed by atoms with Crippen molar-refractivity contribution in [2.24, 2.45) is 5.41 Å². The van der Waals surface area contributed by atoms with Gasteiger partial charge in [-0.05, 0) is 5.25 Å². The Labute approximate surface area is 295 Å². The van der Waals surface area contributed by atoms with Gasteiger partial charge in [0.2, 0.25) is 11.8 Å². The second kappa shape index (κ2) is 17.8. The zero-order valence-corrected chi connectivity index (χ0v) is 31.2. The number of phosphoric acid groups is 3. The van der Waals surface area contributed by atoms with Crippen LogP contribution in [0.2, 0.25) is 0 Å². The van der Waals surface area contributed by atoms with Crippen molar-refractivity contribution in [1.82, 2.24) is 30.2 Å². The molecule has 290 valence electrons. The minimum Gasteiger partial charge on any atom is -0.386 e. The molecule has 27 heteroatoms. The van der Waals surface area contributed by atoms with E-state index in [2.05, 4.69) is 34.4 Å². The molecule has 51 heavy (non-hydrogen) atoms. The lowest BCUT2D eigenvalue weighted by Crippen LogP contribution is -2.46. The average molecular weight is 810 g/mol. The predicted molar refractivity (Wildman–Crippen MR) is 177 cm³/mol. The number of hydrogen-bond acceptors (Lipinski definition) is 17. The van der Waals surface area contributed by atoms with Crippen LogP contribution in [0, 0.1) is 5.41 Å². The monoisotopic (exact) mass is 809 g/mol. The van der Waals surface area contributed by atoms with Crippen molar-refractivity contribution in [1.29, 1.82) is 0 Å². The van der Waals surface area contributed by atoms with Crippen LogP contribution in [0.5, 0.6) is 0 Å². The third-order valence-electron chi connectivity index (χ3n) is 6.95. The smallest absolute Gasteiger partial charge is 0.386 e. The lowest BCUT2D eigenvalue weighted by atomic mass is 9.87. The second-order valence-corrected chi connectivity index (χ2v) is 17.9. The van der Waals surface area contributed by atoms with Gasteiger partial charge in [0.15, 0.2) is 17.7 Å². The number of phosphoric ester groups is 3. The highest BCUT2D eigenvalue weighted by atomic mass is 32.2. The van der Waals surface area contributed by atoms with Crippen LogP contribution in [0.1, 0.15) is 40.3 Å². The van der Waals surface area contributed by atoms with Gasteiger partial charge < -0.3 is 50.9 Å². The lowest BCUT2D eigenvalue weighted by molar-refractivity contribution is -0.137. The Morgan fingerprint density at radius 1 is 1.08 bits per heavy atom. The molecular weight excluding hydrogens is 767 g/mol. The number of aromatic nitrogens is 4. The Hall–Kier alpha value is -2.11. The molecule has 0 aromatic carbocycles. The Bertz CT molecular complexity index is 1660. The molecule has 0 bridgehead atoms. The molecule has 2 aromatic rings. The number of anilines is 1. The van der Waals surface area contributed by atoms with Gasteiger partial charge in [0.1, 0.15) is 36.3 Å². The highest BCUT2D eigenvalue weighted by Crippen LogP contribution is 2.61. The summed E-state index contributed by atoms with van der Waals surface area (Å²) in [5.41, 5.74) is 4.32. The molecule has 3 heterocycles. The maximum atomic E-state index is 12.6. The standard InChI is InChI=1S/C24H42N7O16P3S/c1-13(2)51-8-7-26-15(32)5-6-27-22(35)19(34)24(3,4)10-44-50(41,42)47-49(39,40)43-9-14-18(46-48(36,37)38)17(33)23(45-14)31-12-30-16-20(25)28-11-29-21(16)31/h11-14,17-19,23,33-34H,5-10H2,1-4H3,(H,26,32)(H,27,35)(H,39,40)(H,41,42)(H2,25,28,29)(H2,36,37,38)/t14?,17-,18-,19+,23-/m1/s1. The summed E-state index contributed by atoms with van der Waals surface area (Å²) in [5, 5.41) is 26.8. The van der Waals surface area contributed by atoms with Gasteiger partial charge in [0.25, 0.3) is 0 Å². The molecule has 10 N–H and O–H groups in total. The van der Waals surface area contributed by atoms with Gasteiger partial charge in [-0.1, -0.05) is 27.7 Å². The third kappa shape index (κ3) is 13.1. The summed E-state index contributed by atoms with van der Waals surface area (Å²) in [5.74, 6) is -0.572. The number of nitrogens with zero attached hydrogens (tertiary/aromatic N) is 4. The lowest BCUT2D eigenvalue weighted by Gasteiger charge is -2.30. The molecule has 3 rings (SSSR count). The first-order valence-corrected chi connectivity index (χ1v) is 20.6. The van der Waals surface area contributed by atoms with E-state index in [-0.39, 0.29) is 35.9 Å². The van der Waals surface area contributed by atoms with Gasteiger partial charge in [-0.15, -0.1) is 0 Å². The van der Waals surface area contributed by atoms with Crippen molar-refractivity contribution in [3.8, 4) is 0 Å². The number of carbonyl (C=O) groups is 2. The average Bonchev–Trinajstić information content (AvgIpc) is 3.57. The number of carbonyl (C=O) groups excluding carboxylic acids is 2. The SMILES string of the molecule is CC(C)SCCNC(=O)CCNC(=O)[C@H](O)C(C)(C)COP(=O)(O)OP(=O)(O)OCC1O[C@@H](n2cnc3c(N)ncnc32)[C@H](O)[C@@H]1OP(=O)(O)O. The summed E-state index contributed by atoms with van der Waals surface area (Å²) >= 11 is 1.66. The molecule has 2 amide bonds. The van der Waals surface area contributed by atoms with E-state index in [9.17, 15) is 53.1 Å². The largest absolute Gasteiger partial charge is 0.481 e. The first kappa shape index (κ1) is 43.3. The Kier molecular flexibility index (Phi) is 15.1. The molecular formula is C24H42N7O16P3S. The number of nitrogens with two attached hydrogens (primary N) is 1. The van der Waals surface area contributed by atoms with E-state index in [4.69, 9.17) is 19.5 Å². The predicted octanol–water partition coefficient (Wildman–Crippen LogP) is -0.453. The quantitative estimate of drug-likeness (QED) is 0.0604. The molecule has 7 atom stereocenters. The minimum atomic E-state index is -5.54. The topological polar surface area (TPSA) is 347 Å². The van der Waals surface area contributed by atoms with Crippen molar-refractivity contribution in [2.45, 2.75) is 70.0 Å². The number of imidazole rings is 1. The van der Waals surface area contributed by atoms with E-state index in [1.165, 1.54) is 13.8 Å². The number of nitrogens with one attached hydrogen (secondary N) is 2. The molecule has 0 aliphatic carbocycles. The Balaban J connectivity index is 1.55. The van der Waals surface area contributed by atoms with E-state index in [0.717, 1.165) is 17.2 Å². The summed E-state index contributed by atoms with van der Waals surface area (Å²) in [7, 11) is -16.3. The summed E-state index contributed by atoms with van der Waals surface area (Å²) in [4.78, 5) is 75.2. The highest BCUT2D eigenvalue weighted by molar-refractivity contribution is 7.99. The van der Waals surface area contributed by atoms with Crippen LogP contribution in [-0.4, -0.2) is 123 Å². The number of thioether (sulfide) groups is 1. The summed E-state index contributed by atoms with van der Waals surface area (Å²) in [6.07, 6.45) is -6.70. The molecule has 0 spiro atoms. The second-order valence-electron chi connectivity index (χ2n) is 12.0. The minimum absolute atomic E-state index is 0.0345. The number of fused-ring (bicyclic) bond motifs is 1. The molecule has 1 aliphatic rings. The number of ether oxygens (including phenoxy) is 1. The summed E-state index contributed by atoms with van der Waals surface area (Å²) in [6.45, 7) is 4.95. The molecule has 1 aliphatic heterocycles. The van der Waals surface area contributed by atoms with Gasteiger partial charge in [0, 0.05) is 30.7 Å². The van der Waals surface area contributed by atoms with Gasteiger partial charge in [-0.2, -0.15) is 16.1 Å². The molecule has 0 saturated carbocycles. The maximum Gasteiger partial charge on any atom is 0.481 e. The number of rotatable bonds is 20. The third-order valence-corrected chi connectivity index (χ3v) is 11.2. The van der Waals surface area contributed by atoms with Crippen molar-refractivity contribution >= 4 is 64.0 Å². The van der Waals surface area contributed by atoms with Crippen LogP contribution in [-0.2, 0) is 45.9 Å². The van der Waals surface area contributed by atoms with Gasteiger partial charge >= 0.3 is 23.5 Å². The zero-order chi connectivity index (χ0) is 38.4. The zero-order valence-electron chi connectivity index (χ0n) is 27.7. The fraction of sp³-hybridized carbons (Fsp3) is 0.708. The molecule has 0 radical (unpaired) electrons. The fourth-order valence-electron chi connectivity index (χ4n) is 4.42. The summed E-state index contributed by atoms with van der Waals surface area (Å²) in [6, 6.07) is 0. The van der Waals surface area contributed by atoms with Crippen molar-refractivity contribution in [3.63, 3.8) is 0 Å². The van der Waals surface area contributed by atoms with Gasteiger partial charge in [-0.25, -0.2) is 28.6 Å². The van der Waals surface area contributed by atoms with Crippen LogP contribution in [0.3, 0.4) is 0 Å². The van der Waals surface area contributed by atoms with E-state index in [1.807, 2.05) is 13.8 Å². The first-order valence-electron chi connectivity index (χ1n) is 15.0. The van der Waals surface area contributed by atoms with Crippen LogP contribution < -0.4 is 16.4 Å². The van der Waals surface area contributed by atoms with Crippen LogP contribution in [0.15, 0.2) is 12.7 Å². The molecule has 2 aromatic heterocycles. The number of aliphatic hydroxyl groups is 2. The van der Waals surface area contributed by atoms with E-state index < -0.39 is 78.6 Å². The van der Waals surface area contributed by atoms with E-state index >= 15 is 0 Å². The van der Waals surface area contributed by atoms with Crippen LogP contribution in [0.25, 0.3) is 11.2 Å². The number of nitrogen functional groups attached to an aromatic ring is 1. The van der Waals surface area contributed by atoms with Crippen molar-refractivity contribution in [2.75, 3.05) is 37.8 Å². The van der Waals surface area contributed by atoms with Crippen LogP contribution >= 0.6 is 35.2 Å². The number of hydrogen-bond donors (Lipinski definition) is 9. The maximum absolute atomic E-state index is 12.6. The molecule has 1 saturated heterocycles. The molecule has 3 unspecified atom stereocenters. The molecule has 1 fully saturated rings. The Morgan fingerprint density at radius 2 is 1.75 bits per heavy atom. The number of aliphatic hydroxyl groups excluding tert-OH is 2. The van der Waals surface area contributed by atoms with Crippen LogP contribution in [0.4, 0.5) is 5.82 Å². The summed E-state index contributed by atoms with van der Waals surface area (Å²) < 4.78 is 61.9. The first-order chi connectivity index (χ1) is 23.5. The van der Waals surface area contributed by atoms with E-state index in [0.29, 0.717) is 17.5 Å². The fourth-order valence-corrected chi connectivity index (χ4v) is 7.95. The Morgan fingerprint density at radius 3 is 2.39 bits per heavy atom.